The van der Waals surface area contributed by atoms with Gasteiger partial charge < -0.3 is 9.47 Å². The van der Waals surface area contributed by atoms with Gasteiger partial charge >= 0.3 is 0 Å². The molecule has 0 aliphatic carbocycles. The molecule has 4 rings (SSSR count). The summed E-state index contributed by atoms with van der Waals surface area (Å²) < 4.78 is 10.7. The number of ether oxygens (including phenoxy) is 2. The van der Waals surface area contributed by atoms with E-state index in [4.69, 9.17) is 9.47 Å². The largest absolute Gasteiger partial charge is 0.454 e. The first-order chi connectivity index (χ1) is 12.8. The average molecular weight is 364 g/mol. The second kappa shape index (κ2) is 7.41. The number of hydrogen-bond acceptors (Lipinski definition) is 5. The summed E-state index contributed by atoms with van der Waals surface area (Å²) in [7, 11) is 0. The van der Waals surface area contributed by atoms with Crippen LogP contribution in [0.3, 0.4) is 0 Å². The fourth-order valence-corrected chi connectivity index (χ4v) is 3.31. The van der Waals surface area contributed by atoms with Crippen molar-refractivity contribution >= 4 is 29.1 Å². The van der Waals surface area contributed by atoms with Gasteiger partial charge in [-0.1, -0.05) is 18.2 Å². The van der Waals surface area contributed by atoms with Gasteiger partial charge in [0, 0.05) is 17.2 Å². The molecule has 1 aliphatic heterocycles. The highest BCUT2D eigenvalue weighted by atomic mass is 32.1. The van der Waals surface area contributed by atoms with Gasteiger partial charge in [-0.25, -0.2) is 4.98 Å². The van der Waals surface area contributed by atoms with Crippen molar-refractivity contribution in [1.82, 2.24) is 4.98 Å². The van der Waals surface area contributed by atoms with Crippen LogP contribution in [0.15, 0.2) is 66.2 Å². The van der Waals surface area contributed by atoms with Crippen LogP contribution >= 0.6 is 11.3 Å². The highest BCUT2D eigenvalue weighted by Gasteiger charge is 2.16. The minimum Gasteiger partial charge on any atom is -0.454 e. The first-order valence-corrected chi connectivity index (χ1v) is 9.00. The van der Waals surface area contributed by atoms with Gasteiger partial charge in [0.1, 0.15) is 5.82 Å². The Balaban J connectivity index is 1.56. The van der Waals surface area contributed by atoms with Crippen LogP contribution in [0.1, 0.15) is 10.4 Å². The second-order valence-corrected chi connectivity index (χ2v) is 6.67. The van der Waals surface area contributed by atoms with Crippen LogP contribution in [0, 0.1) is 0 Å². The molecular weight excluding hydrogens is 348 g/mol. The van der Waals surface area contributed by atoms with E-state index in [1.165, 1.54) is 0 Å². The molecule has 130 valence electrons. The molecule has 2 aromatic heterocycles. The molecule has 1 aromatic carbocycles. The molecule has 0 spiro atoms. The molecule has 0 bridgehead atoms. The molecule has 6 heteroatoms. The number of aromatic nitrogens is 1. The number of carbonyl (C=O) groups excluding carboxylic acids is 1. The number of rotatable bonds is 5. The van der Waals surface area contributed by atoms with Crippen molar-refractivity contribution in [3.05, 3.63) is 76.6 Å². The van der Waals surface area contributed by atoms with E-state index in [1.807, 2.05) is 53.9 Å². The molecule has 0 saturated heterocycles. The maximum atomic E-state index is 12.8. The fraction of sp³-hybridized carbons (Fsp3) is 0.100. The number of hydrogen-bond donors (Lipinski definition) is 0. The SMILES string of the molecule is O=C(C=Cc1ccc2c(c1)OCO2)N(Cc1cccs1)c1ccccn1. The summed E-state index contributed by atoms with van der Waals surface area (Å²) in [6, 6.07) is 15.1. The second-order valence-electron chi connectivity index (χ2n) is 5.64. The Morgan fingerprint density at radius 3 is 2.88 bits per heavy atom. The highest BCUT2D eigenvalue weighted by Crippen LogP contribution is 2.32. The maximum absolute atomic E-state index is 12.8. The van der Waals surface area contributed by atoms with E-state index in [0.29, 0.717) is 18.1 Å². The first-order valence-electron chi connectivity index (χ1n) is 8.12. The Bertz CT molecular complexity index is 923. The number of carbonyl (C=O) groups is 1. The van der Waals surface area contributed by atoms with Gasteiger partial charge in [0.25, 0.3) is 5.91 Å². The van der Waals surface area contributed by atoms with Crippen LogP contribution in [0.25, 0.3) is 6.08 Å². The Morgan fingerprint density at radius 1 is 1.15 bits per heavy atom. The van der Waals surface area contributed by atoms with Gasteiger partial charge in [0.2, 0.25) is 6.79 Å². The van der Waals surface area contributed by atoms with Gasteiger partial charge in [-0.15, -0.1) is 11.3 Å². The van der Waals surface area contributed by atoms with Crippen molar-refractivity contribution in [3.63, 3.8) is 0 Å². The normalized spacial score (nSPS) is 12.5. The third kappa shape index (κ3) is 3.60. The van der Waals surface area contributed by atoms with Gasteiger partial charge in [-0.2, -0.15) is 0 Å². The zero-order valence-electron chi connectivity index (χ0n) is 13.9. The van der Waals surface area contributed by atoms with Crippen molar-refractivity contribution in [3.8, 4) is 11.5 Å². The molecule has 3 aromatic rings. The summed E-state index contributed by atoms with van der Waals surface area (Å²) in [5.41, 5.74) is 0.875. The molecule has 5 nitrogen and oxygen atoms in total. The number of nitrogens with zero attached hydrogens (tertiary/aromatic N) is 2. The first kappa shape index (κ1) is 16.4. The maximum Gasteiger partial charge on any atom is 0.252 e. The van der Waals surface area contributed by atoms with Crippen molar-refractivity contribution in [1.29, 1.82) is 0 Å². The van der Waals surface area contributed by atoms with Crippen LogP contribution in [0.5, 0.6) is 11.5 Å². The third-order valence-corrected chi connectivity index (χ3v) is 4.76. The van der Waals surface area contributed by atoms with E-state index in [-0.39, 0.29) is 12.7 Å². The minimum absolute atomic E-state index is 0.130. The van der Waals surface area contributed by atoms with Crippen molar-refractivity contribution < 1.29 is 14.3 Å². The summed E-state index contributed by atoms with van der Waals surface area (Å²) in [5.74, 6) is 1.91. The summed E-state index contributed by atoms with van der Waals surface area (Å²) in [6.07, 6.45) is 5.01. The summed E-state index contributed by atoms with van der Waals surface area (Å²) in [4.78, 5) is 19.9. The number of fused-ring (bicyclic) bond motifs is 1. The summed E-state index contributed by atoms with van der Waals surface area (Å²) >= 11 is 1.62. The Morgan fingerprint density at radius 2 is 2.08 bits per heavy atom. The third-order valence-electron chi connectivity index (χ3n) is 3.90. The molecule has 1 amide bonds. The molecule has 0 unspecified atom stereocenters. The molecule has 26 heavy (non-hydrogen) atoms. The van der Waals surface area contributed by atoms with Crippen LogP contribution in [0.2, 0.25) is 0 Å². The molecule has 0 N–H and O–H groups in total. The molecule has 0 radical (unpaired) electrons. The van der Waals surface area contributed by atoms with Gasteiger partial charge in [-0.05, 0) is 47.4 Å². The smallest absolute Gasteiger partial charge is 0.252 e. The van der Waals surface area contributed by atoms with E-state index in [2.05, 4.69) is 4.98 Å². The average Bonchev–Trinajstić information content (AvgIpc) is 3.36. The molecule has 3 heterocycles. The lowest BCUT2D eigenvalue weighted by Gasteiger charge is -2.19. The standard InChI is InChI=1S/C20H16N2O3S/c23-20(9-7-15-6-8-17-18(12-15)25-14-24-17)22(13-16-4-3-11-26-16)19-5-1-2-10-21-19/h1-12H,13-14H2. The van der Waals surface area contributed by atoms with Crippen molar-refractivity contribution in [2.45, 2.75) is 6.54 Å². The van der Waals surface area contributed by atoms with Crippen LogP contribution in [-0.4, -0.2) is 17.7 Å². The quantitative estimate of drug-likeness (QED) is 0.639. The van der Waals surface area contributed by atoms with E-state index in [0.717, 1.165) is 16.2 Å². The molecule has 1 aliphatic rings. The van der Waals surface area contributed by atoms with Gasteiger partial charge in [-0.3, -0.25) is 9.69 Å². The molecular formula is C20H16N2O3S. The van der Waals surface area contributed by atoms with E-state index < -0.39 is 0 Å². The lowest BCUT2D eigenvalue weighted by atomic mass is 10.2. The van der Waals surface area contributed by atoms with Gasteiger partial charge in [0.15, 0.2) is 11.5 Å². The Hall–Kier alpha value is -3.12. The van der Waals surface area contributed by atoms with E-state index >= 15 is 0 Å². The lowest BCUT2D eigenvalue weighted by Crippen LogP contribution is -2.29. The number of pyridine rings is 1. The predicted molar refractivity (Wildman–Crippen MR) is 101 cm³/mol. The topological polar surface area (TPSA) is 51.7 Å². The van der Waals surface area contributed by atoms with Crippen LogP contribution in [0.4, 0.5) is 5.82 Å². The highest BCUT2D eigenvalue weighted by molar-refractivity contribution is 7.09. The number of benzene rings is 1. The monoisotopic (exact) mass is 364 g/mol. The van der Waals surface area contributed by atoms with E-state index in [1.54, 1.807) is 34.6 Å². The number of amides is 1. The minimum atomic E-state index is -0.130. The van der Waals surface area contributed by atoms with Gasteiger partial charge in [0.05, 0.1) is 6.54 Å². The van der Waals surface area contributed by atoms with Crippen molar-refractivity contribution in [2.75, 3.05) is 11.7 Å². The molecule has 0 atom stereocenters. The zero-order valence-corrected chi connectivity index (χ0v) is 14.7. The Labute approximate surface area is 155 Å². The predicted octanol–water partition coefficient (Wildman–Crippen LogP) is 4.12. The fourth-order valence-electron chi connectivity index (χ4n) is 2.62. The zero-order chi connectivity index (χ0) is 17.8. The number of thiophene rings is 1. The number of anilines is 1. The van der Waals surface area contributed by atoms with Crippen molar-refractivity contribution in [2.24, 2.45) is 0 Å². The summed E-state index contributed by atoms with van der Waals surface area (Å²) in [6.45, 7) is 0.717. The van der Waals surface area contributed by atoms with E-state index in [9.17, 15) is 4.79 Å². The van der Waals surface area contributed by atoms with Crippen LogP contribution < -0.4 is 14.4 Å². The molecule has 0 saturated carbocycles. The molecule has 0 fully saturated rings. The van der Waals surface area contributed by atoms with Crippen LogP contribution in [-0.2, 0) is 11.3 Å². The lowest BCUT2D eigenvalue weighted by molar-refractivity contribution is -0.114. The Kier molecular flexibility index (Phi) is 4.66. The summed E-state index contributed by atoms with van der Waals surface area (Å²) in [5, 5.41) is 2.00.